The van der Waals surface area contributed by atoms with Gasteiger partial charge in [-0.2, -0.15) is 0 Å². The van der Waals surface area contributed by atoms with Gasteiger partial charge in [0, 0.05) is 4.88 Å². The van der Waals surface area contributed by atoms with Crippen molar-refractivity contribution in [1.29, 1.82) is 0 Å². The lowest BCUT2D eigenvalue weighted by atomic mass is 9.97. The van der Waals surface area contributed by atoms with E-state index in [0.29, 0.717) is 43.1 Å². The summed E-state index contributed by atoms with van der Waals surface area (Å²) in [7, 11) is 0. The zero-order valence-corrected chi connectivity index (χ0v) is 17.2. The summed E-state index contributed by atoms with van der Waals surface area (Å²) in [5.41, 5.74) is 1.28. The number of rotatable bonds is 7. The standard InChI is InChI=1S/C19H28N2O5S/c1-5-25-18(23)14-7-9-21(10-8-14)11-15(22)20-17-16(19(24)26-6-2)12(3)13(4)27-17/h14H,5-11H2,1-4H3,(H,20,22). The van der Waals surface area contributed by atoms with Gasteiger partial charge in [-0.1, -0.05) is 0 Å². The van der Waals surface area contributed by atoms with Crippen LogP contribution in [0.1, 0.15) is 47.5 Å². The van der Waals surface area contributed by atoms with Crippen molar-refractivity contribution in [3.05, 3.63) is 16.0 Å². The van der Waals surface area contributed by atoms with Crippen LogP contribution in [0.25, 0.3) is 0 Å². The number of amides is 1. The molecule has 1 aromatic rings. The number of esters is 2. The number of likely N-dealkylation sites (tertiary alicyclic amines) is 1. The van der Waals surface area contributed by atoms with Crippen molar-refractivity contribution in [3.63, 3.8) is 0 Å². The third kappa shape index (κ3) is 5.52. The second-order valence-corrected chi connectivity index (χ2v) is 7.78. The molecule has 0 radical (unpaired) electrons. The predicted octanol–water partition coefficient (Wildman–Crippen LogP) is 2.76. The van der Waals surface area contributed by atoms with Crippen molar-refractivity contribution >= 4 is 34.2 Å². The number of thiophene rings is 1. The van der Waals surface area contributed by atoms with Gasteiger partial charge in [0.25, 0.3) is 0 Å². The maximum absolute atomic E-state index is 12.5. The maximum Gasteiger partial charge on any atom is 0.341 e. The van der Waals surface area contributed by atoms with Gasteiger partial charge < -0.3 is 14.8 Å². The number of aryl methyl sites for hydroxylation is 1. The van der Waals surface area contributed by atoms with Gasteiger partial charge in [0.2, 0.25) is 5.91 Å². The van der Waals surface area contributed by atoms with Gasteiger partial charge in [-0.05, 0) is 59.2 Å². The first-order valence-electron chi connectivity index (χ1n) is 9.33. The number of anilines is 1. The fraction of sp³-hybridized carbons (Fsp3) is 0.632. The molecule has 0 unspecified atom stereocenters. The van der Waals surface area contributed by atoms with Crippen LogP contribution < -0.4 is 5.32 Å². The smallest absolute Gasteiger partial charge is 0.341 e. The van der Waals surface area contributed by atoms with E-state index in [9.17, 15) is 14.4 Å². The van der Waals surface area contributed by atoms with Gasteiger partial charge in [0.15, 0.2) is 0 Å². The minimum Gasteiger partial charge on any atom is -0.466 e. The van der Waals surface area contributed by atoms with Crippen molar-refractivity contribution in [3.8, 4) is 0 Å². The SMILES string of the molecule is CCOC(=O)c1c(NC(=O)CN2CCC(C(=O)OCC)CC2)sc(C)c1C. The van der Waals surface area contributed by atoms with Crippen molar-refractivity contribution in [2.24, 2.45) is 5.92 Å². The first-order chi connectivity index (χ1) is 12.9. The van der Waals surface area contributed by atoms with Crippen LogP contribution in [0.2, 0.25) is 0 Å². The first kappa shape index (κ1) is 21.4. The summed E-state index contributed by atoms with van der Waals surface area (Å²) in [6.45, 7) is 9.58. The summed E-state index contributed by atoms with van der Waals surface area (Å²) in [4.78, 5) is 39.5. The van der Waals surface area contributed by atoms with Crippen LogP contribution in [0, 0.1) is 19.8 Å². The average Bonchev–Trinajstić information content (AvgIpc) is 2.89. The summed E-state index contributed by atoms with van der Waals surface area (Å²) in [5, 5.41) is 3.40. The lowest BCUT2D eigenvalue weighted by Gasteiger charge is -2.30. The average molecular weight is 397 g/mol. The Kier molecular flexibility index (Phi) is 7.79. The predicted molar refractivity (Wildman–Crippen MR) is 104 cm³/mol. The molecule has 7 nitrogen and oxygen atoms in total. The second kappa shape index (κ2) is 9.85. The molecule has 0 aliphatic carbocycles. The molecule has 0 atom stereocenters. The lowest BCUT2D eigenvalue weighted by Crippen LogP contribution is -2.41. The Morgan fingerprint density at radius 1 is 1.11 bits per heavy atom. The Bertz CT molecular complexity index is 693. The number of nitrogens with zero attached hydrogens (tertiary/aromatic N) is 1. The number of carbonyl (C=O) groups is 3. The molecule has 1 fully saturated rings. The third-order valence-corrected chi connectivity index (χ3v) is 5.82. The Hall–Kier alpha value is -1.93. The molecule has 8 heteroatoms. The zero-order chi connectivity index (χ0) is 20.0. The molecule has 1 amide bonds. The lowest BCUT2D eigenvalue weighted by molar-refractivity contribution is -0.149. The normalized spacial score (nSPS) is 15.4. The van der Waals surface area contributed by atoms with E-state index in [-0.39, 0.29) is 30.9 Å². The molecule has 150 valence electrons. The van der Waals surface area contributed by atoms with Crippen molar-refractivity contribution < 1.29 is 23.9 Å². The van der Waals surface area contributed by atoms with Gasteiger partial charge in [-0.25, -0.2) is 4.79 Å². The van der Waals surface area contributed by atoms with E-state index >= 15 is 0 Å². The van der Waals surface area contributed by atoms with Crippen LogP contribution in [0.3, 0.4) is 0 Å². The fourth-order valence-corrected chi connectivity index (χ4v) is 4.18. The van der Waals surface area contributed by atoms with Gasteiger partial charge in [-0.3, -0.25) is 14.5 Å². The number of hydrogen-bond acceptors (Lipinski definition) is 7. The summed E-state index contributed by atoms with van der Waals surface area (Å²) in [6, 6.07) is 0. The van der Waals surface area contributed by atoms with E-state index in [2.05, 4.69) is 5.32 Å². The molecule has 1 saturated heterocycles. The minimum absolute atomic E-state index is 0.0812. The molecule has 0 aromatic carbocycles. The Morgan fingerprint density at radius 3 is 2.33 bits per heavy atom. The highest BCUT2D eigenvalue weighted by Gasteiger charge is 2.27. The highest BCUT2D eigenvalue weighted by Crippen LogP contribution is 2.33. The van der Waals surface area contributed by atoms with E-state index in [1.54, 1.807) is 13.8 Å². The zero-order valence-electron chi connectivity index (χ0n) is 16.4. The molecule has 1 aliphatic rings. The summed E-state index contributed by atoms with van der Waals surface area (Å²) < 4.78 is 10.2. The van der Waals surface area contributed by atoms with Crippen molar-refractivity contribution in [1.82, 2.24) is 4.90 Å². The van der Waals surface area contributed by atoms with Crippen LogP contribution >= 0.6 is 11.3 Å². The Balaban J connectivity index is 1.93. The third-order valence-electron chi connectivity index (χ3n) is 4.69. The highest BCUT2D eigenvalue weighted by atomic mass is 32.1. The first-order valence-corrected chi connectivity index (χ1v) is 10.1. The number of hydrogen-bond donors (Lipinski definition) is 1. The monoisotopic (exact) mass is 396 g/mol. The molecule has 0 bridgehead atoms. The minimum atomic E-state index is -0.412. The van der Waals surface area contributed by atoms with Crippen LogP contribution in [0.4, 0.5) is 5.00 Å². The Morgan fingerprint density at radius 2 is 1.74 bits per heavy atom. The highest BCUT2D eigenvalue weighted by molar-refractivity contribution is 7.16. The Labute approximate surface area is 164 Å². The van der Waals surface area contributed by atoms with Crippen LogP contribution in [0.15, 0.2) is 0 Å². The molecule has 27 heavy (non-hydrogen) atoms. The maximum atomic E-state index is 12.5. The van der Waals surface area contributed by atoms with E-state index in [0.717, 1.165) is 10.4 Å². The summed E-state index contributed by atoms with van der Waals surface area (Å²) >= 11 is 1.38. The molecule has 1 N–H and O–H groups in total. The largest absolute Gasteiger partial charge is 0.466 e. The van der Waals surface area contributed by atoms with Crippen molar-refractivity contribution in [2.75, 3.05) is 38.2 Å². The molecule has 2 heterocycles. The molecule has 1 aromatic heterocycles. The van der Waals surface area contributed by atoms with Gasteiger partial charge in [0.1, 0.15) is 5.00 Å². The van der Waals surface area contributed by atoms with E-state index < -0.39 is 5.97 Å². The fourth-order valence-electron chi connectivity index (χ4n) is 3.12. The van der Waals surface area contributed by atoms with Crippen LogP contribution in [-0.2, 0) is 19.1 Å². The van der Waals surface area contributed by atoms with E-state index in [4.69, 9.17) is 9.47 Å². The van der Waals surface area contributed by atoms with Gasteiger partial charge in [-0.15, -0.1) is 11.3 Å². The molecule has 1 aliphatic heterocycles. The van der Waals surface area contributed by atoms with Crippen LogP contribution in [-0.4, -0.2) is 55.6 Å². The van der Waals surface area contributed by atoms with Gasteiger partial charge in [0.05, 0.1) is 31.2 Å². The van der Waals surface area contributed by atoms with Crippen molar-refractivity contribution in [2.45, 2.75) is 40.5 Å². The number of carbonyl (C=O) groups excluding carboxylic acids is 3. The number of nitrogens with one attached hydrogen (secondary N) is 1. The summed E-state index contributed by atoms with van der Waals surface area (Å²) in [6.07, 6.45) is 1.38. The topological polar surface area (TPSA) is 84.9 Å². The number of piperidine rings is 1. The van der Waals surface area contributed by atoms with E-state index in [1.807, 2.05) is 18.7 Å². The van der Waals surface area contributed by atoms with E-state index in [1.165, 1.54) is 11.3 Å². The molecular weight excluding hydrogens is 368 g/mol. The quantitative estimate of drug-likeness (QED) is 0.714. The molecular formula is C19H28N2O5S. The van der Waals surface area contributed by atoms with Crippen LogP contribution in [0.5, 0.6) is 0 Å². The number of ether oxygens (including phenoxy) is 2. The molecule has 0 saturated carbocycles. The van der Waals surface area contributed by atoms with Gasteiger partial charge >= 0.3 is 11.9 Å². The molecule has 0 spiro atoms. The summed E-state index contributed by atoms with van der Waals surface area (Å²) in [5.74, 6) is -0.811. The molecule has 2 rings (SSSR count). The second-order valence-electron chi connectivity index (χ2n) is 6.56.